The molecule has 0 aromatic heterocycles. The molecule has 0 amide bonds. The summed E-state index contributed by atoms with van der Waals surface area (Å²) >= 11 is 0. The number of rotatable bonds is 51. The summed E-state index contributed by atoms with van der Waals surface area (Å²) in [6, 6.07) is 0. The summed E-state index contributed by atoms with van der Waals surface area (Å²) in [5.41, 5.74) is 0. The molecule has 0 N–H and O–H groups in total. The van der Waals surface area contributed by atoms with E-state index in [-0.39, 0.29) is 37.5 Å². The zero-order valence-electron chi connectivity index (χ0n) is 43.7. The van der Waals surface area contributed by atoms with Crippen molar-refractivity contribution in [3.05, 3.63) is 60.8 Å². The number of allylic oxidation sites excluding steroid dienone is 10. The number of hydrogen-bond donors (Lipinski definition) is 0. The van der Waals surface area contributed by atoms with Crippen molar-refractivity contribution in [2.75, 3.05) is 13.2 Å². The lowest BCUT2D eigenvalue weighted by atomic mass is 10.0. The Balaban J connectivity index is 4.35. The third kappa shape index (κ3) is 52.1. The number of carbonyl (C=O) groups excluding carboxylic acids is 3. The Morgan fingerprint density at radius 3 is 0.970 bits per heavy atom. The number of unbranched alkanes of at least 4 members (excludes halogenated alkanes) is 30. The molecule has 1 atom stereocenters. The zero-order chi connectivity index (χ0) is 47.9. The summed E-state index contributed by atoms with van der Waals surface area (Å²) in [5.74, 6) is -0.924. The lowest BCUT2D eigenvalue weighted by molar-refractivity contribution is -0.167. The molecule has 0 aromatic carbocycles. The van der Waals surface area contributed by atoms with Crippen molar-refractivity contribution in [1.29, 1.82) is 0 Å². The molecule has 382 valence electrons. The number of ether oxygens (including phenoxy) is 3. The molecule has 0 heterocycles. The van der Waals surface area contributed by atoms with Crippen LogP contribution in [0.3, 0.4) is 0 Å². The molecule has 0 aromatic rings. The van der Waals surface area contributed by atoms with Crippen molar-refractivity contribution in [3.8, 4) is 0 Å². The molecular formula is C60H106O6. The molecule has 0 fully saturated rings. The van der Waals surface area contributed by atoms with Crippen LogP contribution < -0.4 is 0 Å². The third-order valence-electron chi connectivity index (χ3n) is 12.3. The van der Waals surface area contributed by atoms with Crippen LogP contribution in [0.1, 0.15) is 284 Å². The van der Waals surface area contributed by atoms with Gasteiger partial charge < -0.3 is 14.2 Å². The van der Waals surface area contributed by atoms with Gasteiger partial charge in [0.15, 0.2) is 6.10 Å². The second-order valence-corrected chi connectivity index (χ2v) is 18.8. The minimum Gasteiger partial charge on any atom is -0.462 e. The molecule has 0 bridgehead atoms. The molecular weight excluding hydrogens is 817 g/mol. The molecule has 0 aliphatic heterocycles. The summed E-state index contributed by atoms with van der Waals surface area (Å²) < 4.78 is 16.8. The average Bonchev–Trinajstić information content (AvgIpc) is 3.31. The quantitative estimate of drug-likeness (QED) is 0.0262. The van der Waals surface area contributed by atoms with Crippen LogP contribution in [-0.4, -0.2) is 37.2 Å². The fraction of sp³-hybridized carbons (Fsp3) is 0.783. The second kappa shape index (κ2) is 54.7. The van der Waals surface area contributed by atoms with Gasteiger partial charge in [-0.25, -0.2) is 0 Å². The maximum atomic E-state index is 12.8. The molecule has 0 saturated heterocycles. The van der Waals surface area contributed by atoms with E-state index < -0.39 is 6.10 Å². The normalized spacial score (nSPS) is 12.5. The third-order valence-corrected chi connectivity index (χ3v) is 12.3. The summed E-state index contributed by atoms with van der Waals surface area (Å²) in [6.45, 7) is 6.51. The molecule has 6 nitrogen and oxygen atoms in total. The highest BCUT2D eigenvalue weighted by Crippen LogP contribution is 2.16. The Bertz CT molecular complexity index is 1200. The molecule has 1 unspecified atom stereocenters. The van der Waals surface area contributed by atoms with Gasteiger partial charge >= 0.3 is 17.9 Å². The Kier molecular flexibility index (Phi) is 52.3. The molecule has 0 rings (SSSR count). The van der Waals surface area contributed by atoms with E-state index in [9.17, 15) is 14.4 Å². The summed E-state index contributed by atoms with van der Waals surface area (Å²) in [4.78, 5) is 38.1. The topological polar surface area (TPSA) is 78.9 Å². The van der Waals surface area contributed by atoms with E-state index in [0.717, 1.165) is 77.0 Å². The standard InChI is InChI=1S/C60H106O6/c1-4-7-10-13-16-19-22-25-27-28-29-30-31-32-34-35-38-41-44-47-50-53-59(62)65-56-57(55-64-58(61)52-49-46-43-40-37-24-21-18-15-12-9-6-3)66-60(63)54-51-48-45-42-39-36-33-26-23-20-17-14-11-8-5-2/h8,11,17,20,26,28-29,33,39,42,57H,4-7,9-10,12-16,18-19,21-25,27,30-32,34-38,40-41,43-56H2,1-3H3/b11-8-,20-17-,29-28-,33-26-,42-39-. The van der Waals surface area contributed by atoms with Crippen molar-refractivity contribution in [2.24, 2.45) is 0 Å². The van der Waals surface area contributed by atoms with Gasteiger partial charge in [0.25, 0.3) is 0 Å². The molecule has 6 heteroatoms. The lowest BCUT2D eigenvalue weighted by Crippen LogP contribution is -2.30. The number of carbonyl (C=O) groups is 3. The van der Waals surface area contributed by atoms with E-state index >= 15 is 0 Å². The van der Waals surface area contributed by atoms with Gasteiger partial charge in [-0.15, -0.1) is 0 Å². The Hall–Kier alpha value is -2.89. The first-order valence-electron chi connectivity index (χ1n) is 28.3. The Labute approximate surface area is 409 Å². The summed E-state index contributed by atoms with van der Waals surface area (Å²) in [6.07, 6.45) is 67.9. The van der Waals surface area contributed by atoms with Crippen molar-refractivity contribution in [2.45, 2.75) is 290 Å². The van der Waals surface area contributed by atoms with Crippen LogP contribution >= 0.6 is 0 Å². The lowest BCUT2D eigenvalue weighted by Gasteiger charge is -2.18. The predicted molar refractivity (Wildman–Crippen MR) is 284 cm³/mol. The van der Waals surface area contributed by atoms with Crippen LogP contribution in [0.25, 0.3) is 0 Å². The van der Waals surface area contributed by atoms with Gasteiger partial charge in [0, 0.05) is 19.3 Å². The van der Waals surface area contributed by atoms with Crippen LogP contribution in [-0.2, 0) is 28.6 Å². The van der Waals surface area contributed by atoms with E-state index in [0.29, 0.717) is 19.3 Å². The van der Waals surface area contributed by atoms with Gasteiger partial charge in [-0.1, -0.05) is 242 Å². The van der Waals surface area contributed by atoms with Crippen molar-refractivity contribution in [3.63, 3.8) is 0 Å². The first kappa shape index (κ1) is 63.1. The van der Waals surface area contributed by atoms with Gasteiger partial charge in [-0.2, -0.15) is 0 Å². The SMILES string of the molecule is CC/C=C\C/C=C\C/C=C\C/C=C\CCCCC(=O)OC(COC(=O)CCCCCCCCCCC/C=C\CCCCCCCCCC)COC(=O)CCCCCCCCCCCCCC. The maximum absolute atomic E-state index is 12.8. The van der Waals surface area contributed by atoms with Crippen LogP contribution in [0, 0.1) is 0 Å². The van der Waals surface area contributed by atoms with Gasteiger partial charge in [0.1, 0.15) is 13.2 Å². The predicted octanol–water partition coefficient (Wildman–Crippen LogP) is 18.8. The smallest absolute Gasteiger partial charge is 0.306 e. The highest BCUT2D eigenvalue weighted by molar-refractivity contribution is 5.71. The Morgan fingerprint density at radius 1 is 0.318 bits per heavy atom. The highest BCUT2D eigenvalue weighted by atomic mass is 16.6. The van der Waals surface area contributed by atoms with Crippen LogP contribution in [0.2, 0.25) is 0 Å². The number of hydrogen-bond acceptors (Lipinski definition) is 6. The molecule has 0 aliphatic rings. The summed E-state index contributed by atoms with van der Waals surface area (Å²) in [5, 5.41) is 0. The minimum atomic E-state index is -0.794. The molecule has 0 radical (unpaired) electrons. The van der Waals surface area contributed by atoms with E-state index in [1.54, 1.807) is 0 Å². The second-order valence-electron chi connectivity index (χ2n) is 18.8. The van der Waals surface area contributed by atoms with Gasteiger partial charge in [0.2, 0.25) is 0 Å². The zero-order valence-corrected chi connectivity index (χ0v) is 43.7. The largest absolute Gasteiger partial charge is 0.462 e. The van der Waals surface area contributed by atoms with Gasteiger partial charge in [-0.3, -0.25) is 14.4 Å². The van der Waals surface area contributed by atoms with Crippen LogP contribution in [0.5, 0.6) is 0 Å². The molecule has 66 heavy (non-hydrogen) atoms. The summed E-state index contributed by atoms with van der Waals surface area (Å²) in [7, 11) is 0. The molecule has 0 spiro atoms. The fourth-order valence-electron chi connectivity index (χ4n) is 8.02. The average molecular weight is 924 g/mol. The van der Waals surface area contributed by atoms with Gasteiger partial charge in [0.05, 0.1) is 0 Å². The van der Waals surface area contributed by atoms with Crippen LogP contribution in [0.15, 0.2) is 60.8 Å². The van der Waals surface area contributed by atoms with E-state index in [4.69, 9.17) is 14.2 Å². The van der Waals surface area contributed by atoms with Crippen LogP contribution in [0.4, 0.5) is 0 Å². The van der Waals surface area contributed by atoms with E-state index in [1.165, 1.54) is 161 Å². The van der Waals surface area contributed by atoms with E-state index in [1.807, 2.05) is 0 Å². The van der Waals surface area contributed by atoms with Crippen molar-refractivity contribution >= 4 is 17.9 Å². The van der Waals surface area contributed by atoms with E-state index in [2.05, 4.69) is 81.5 Å². The van der Waals surface area contributed by atoms with Crippen molar-refractivity contribution in [1.82, 2.24) is 0 Å². The Morgan fingerprint density at radius 2 is 0.591 bits per heavy atom. The monoisotopic (exact) mass is 923 g/mol. The molecule has 0 saturated carbocycles. The minimum absolute atomic E-state index is 0.0892. The first-order valence-corrected chi connectivity index (χ1v) is 28.3. The molecule has 0 aliphatic carbocycles. The van der Waals surface area contributed by atoms with Gasteiger partial charge in [-0.05, 0) is 83.5 Å². The number of esters is 3. The van der Waals surface area contributed by atoms with Crippen molar-refractivity contribution < 1.29 is 28.6 Å². The fourth-order valence-corrected chi connectivity index (χ4v) is 8.02. The maximum Gasteiger partial charge on any atom is 0.306 e. The highest BCUT2D eigenvalue weighted by Gasteiger charge is 2.19. The first-order chi connectivity index (χ1) is 32.5.